The molecule has 0 amide bonds. The smallest absolute Gasteiger partial charge is 0.0615 e. The van der Waals surface area contributed by atoms with E-state index in [0.717, 1.165) is 13.0 Å². The first-order valence-corrected chi connectivity index (χ1v) is 6.85. The van der Waals surface area contributed by atoms with Gasteiger partial charge < -0.3 is 10.2 Å². The molecular weight excluding hydrogens is 208 g/mol. The summed E-state index contributed by atoms with van der Waals surface area (Å²) in [4.78, 5) is 2.44. The van der Waals surface area contributed by atoms with Crippen LogP contribution in [0.15, 0.2) is 18.2 Å². The molecule has 1 N–H and O–H groups in total. The Morgan fingerprint density at radius 2 is 2.06 bits per heavy atom. The highest BCUT2D eigenvalue weighted by Crippen LogP contribution is 2.42. The van der Waals surface area contributed by atoms with E-state index < -0.39 is 0 Å². The largest absolute Gasteiger partial charge is 0.376 e. The van der Waals surface area contributed by atoms with Gasteiger partial charge in [-0.15, -0.1) is 0 Å². The standard InChI is InChI=1S/C15H22N2/c1-3-12-7-6-8-13-14(12)16-15(11-17(13)2)9-4-5-10-15/h6-8,16H,3-5,9-11H2,1-2H3. The Morgan fingerprint density at radius 1 is 1.29 bits per heavy atom. The van der Waals surface area contributed by atoms with E-state index in [-0.39, 0.29) is 0 Å². The quantitative estimate of drug-likeness (QED) is 0.795. The molecule has 1 aromatic rings. The number of para-hydroxylation sites is 1. The number of nitrogens with zero attached hydrogens (tertiary/aromatic N) is 1. The number of hydrogen-bond donors (Lipinski definition) is 1. The fourth-order valence-electron chi connectivity index (χ4n) is 3.52. The van der Waals surface area contributed by atoms with Gasteiger partial charge in [-0.2, -0.15) is 0 Å². The Bertz CT molecular complexity index is 419. The van der Waals surface area contributed by atoms with Crippen LogP contribution in [-0.4, -0.2) is 19.1 Å². The molecule has 0 unspecified atom stereocenters. The molecule has 3 rings (SSSR count). The number of hydrogen-bond acceptors (Lipinski definition) is 2. The summed E-state index contributed by atoms with van der Waals surface area (Å²) in [6.45, 7) is 3.40. The third kappa shape index (κ3) is 1.70. The summed E-state index contributed by atoms with van der Waals surface area (Å²) in [5, 5.41) is 3.88. The van der Waals surface area contributed by atoms with E-state index in [9.17, 15) is 0 Å². The number of fused-ring (bicyclic) bond motifs is 1. The average Bonchev–Trinajstić information content (AvgIpc) is 2.76. The van der Waals surface area contributed by atoms with E-state index in [1.807, 2.05) is 0 Å². The number of likely N-dealkylation sites (N-methyl/N-ethyl adjacent to an activating group) is 1. The summed E-state index contributed by atoms with van der Waals surface area (Å²) in [6, 6.07) is 6.68. The molecule has 1 heterocycles. The summed E-state index contributed by atoms with van der Waals surface area (Å²) in [7, 11) is 2.24. The number of nitrogens with one attached hydrogen (secondary N) is 1. The first-order chi connectivity index (χ1) is 8.24. The van der Waals surface area contributed by atoms with Crippen LogP contribution in [0.3, 0.4) is 0 Å². The van der Waals surface area contributed by atoms with E-state index in [2.05, 4.69) is 42.4 Å². The highest BCUT2D eigenvalue weighted by molar-refractivity contribution is 5.76. The summed E-state index contributed by atoms with van der Waals surface area (Å²) < 4.78 is 0. The summed E-state index contributed by atoms with van der Waals surface area (Å²) in [5.41, 5.74) is 4.58. The van der Waals surface area contributed by atoms with Crippen molar-refractivity contribution in [2.75, 3.05) is 23.8 Å². The second-order valence-electron chi connectivity index (χ2n) is 5.63. The molecule has 1 saturated carbocycles. The molecule has 2 aliphatic rings. The fourth-order valence-corrected chi connectivity index (χ4v) is 3.52. The molecule has 0 radical (unpaired) electrons. The number of rotatable bonds is 1. The third-order valence-electron chi connectivity index (χ3n) is 4.41. The van der Waals surface area contributed by atoms with Crippen molar-refractivity contribution in [3.63, 3.8) is 0 Å². The van der Waals surface area contributed by atoms with E-state index in [4.69, 9.17) is 0 Å². The van der Waals surface area contributed by atoms with Crippen LogP contribution >= 0.6 is 0 Å². The van der Waals surface area contributed by atoms with Gasteiger partial charge >= 0.3 is 0 Å². The Labute approximate surface area is 104 Å². The van der Waals surface area contributed by atoms with Crippen molar-refractivity contribution in [3.05, 3.63) is 23.8 Å². The van der Waals surface area contributed by atoms with Crippen molar-refractivity contribution in [3.8, 4) is 0 Å². The molecule has 1 aliphatic carbocycles. The predicted octanol–water partition coefficient (Wildman–Crippen LogP) is 3.42. The van der Waals surface area contributed by atoms with Crippen LogP contribution in [0.25, 0.3) is 0 Å². The number of benzene rings is 1. The van der Waals surface area contributed by atoms with Gasteiger partial charge in [0.05, 0.1) is 16.9 Å². The van der Waals surface area contributed by atoms with Crippen molar-refractivity contribution in [2.45, 2.75) is 44.6 Å². The van der Waals surface area contributed by atoms with Crippen LogP contribution in [0.2, 0.25) is 0 Å². The summed E-state index contributed by atoms with van der Waals surface area (Å²) in [5.74, 6) is 0. The molecule has 17 heavy (non-hydrogen) atoms. The molecule has 0 aromatic heterocycles. The van der Waals surface area contributed by atoms with E-state index in [0.29, 0.717) is 5.54 Å². The summed E-state index contributed by atoms with van der Waals surface area (Å²) in [6.07, 6.45) is 6.53. The first kappa shape index (κ1) is 10.9. The minimum absolute atomic E-state index is 0.354. The Morgan fingerprint density at radius 3 is 2.76 bits per heavy atom. The van der Waals surface area contributed by atoms with Crippen molar-refractivity contribution in [2.24, 2.45) is 0 Å². The molecule has 2 heteroatoms. The number of anilines is 2. The zero-order valence-corrected chi connectivity index (χ0v) is 10.9. The number of aryl methyl sites for hydroxylation is 1. The van der Waals surface area contributed by atoms with Crippen LogP contribution in [0, 0.1) is 0 Å². The van der Waals surface area contributed by atoms with Gasteiger partial charge in [-0.1, -0.05) is 31.9 Å². The van der Waals surface area contributed by atoms with Gasteiger partial charge in [0.1, 0.15) is 0 Å². The van der Waals surface area contributed by atoms with Crippen LogP contribution in [0.1, 0.15) is 38.2 Å². The normalized spacial score (nSPS) is 21.4. The molecule has 92 valence electrons. The lowest BCUT2D eigenvalue weighted by Crippen LogP contribution is -2.49. The Balaban J connectivity index is 2.03. The third-order valence-corrected chi connectivity index (χ3v) is 4.41. The molecule has 0 atom stereocenters. The van der Waals surface area contributed by atoms with Gasteiger partial charge in [-0.3, -0.25) is 0 Å². The molecule has 1 aromatic carbocycles. The van der Waals surface area contributed by atoms with Crippen LogP contribution in [0.5, 0.6) is 0 Å². The monoisotopic (exact) mass is 230 g/mol. The molecular formula is C15H22N2. The highest BCUT2D eigenvalue weighted by Gasteiger charge is 2.39. The van der Waals surface area contributed by atoms with Gasteiger partial charge in [-0.25, -0.2) is 0 Å². The maximum absolute atomic E-state index is 3.88. The summed E-state index contributed by atoms with van der Waals surface area (Å²) >= 11 is 0. The van der Waals surface area contributed by atoms with Gasteiger partial charge in [-0.05, 0) is 30.9 Å². The van der Waals surface area contributed by atoms with E-state index >= 15 is 0 Å². The molecule has 1 spiro atoms. The fraction of sp³-hybridized carbons (Fsp3) is 0.600. The molecule has 0 bridgehead atoms. The maximum atomic E-state index is 3.88. The zero-order chi connectivity index (χ0) is 11.9. The first-order valence-electron chi connectivity index (χ1n) is 6.85. The molecule has 1 aliphatic heterocycles. The van der Waals surface area contributed by atoms with Crippen molar-refractivity contribution in [1.29, 1.82) is 0 Å². The van der Waals surface area contributed by atoms with Gasteiger partial charge in [0, 0.05) is 13.6 Å². The van der Waals surface area contributed by atoms with Crippen molar-refractivity contribution >= 4 is 11.4 Å². The van der Waals surface area contributed by atoms with Crippen molar-refractivity contribution < 1.29 is 0 Å². The van der Waals surface area contributed by atoms with Gasteiger partial charge in [0.2, 0.25) is 0 Å². The zero-order valence-electron chi connectivity index (χ0n) is 10.9. The van der Waals surface area contributed by atoms with Crippen LogP contribution < -0.4 is 10.2 Å². The predicted molar refractivity (Wildman–Crippen MR) is 73.9 cm³/mol. The van der Waals surface area contributed by atoms with Crippen LogP contribution in [-0.2, 0) is 6.42 Å². The minimum Gasteiger partial charge on any atom is -0.376 e. The Kier molecular flexibility index (Phi) is 2.53. The lowest BCUT2D eigenvalue weighted by Gasteiger charge is -2.43. The Hall–Kier alpha value is -1.18. The van der Waals surface area contributed by atoms with E-state index in [1.54, 1.807) is 0 Å². The van der Waals surface area contributed by atoms with Crippen molar-refractivity contribution in [1.82, 2.24) is 0 Å². The average molecular weight is 230 g/mol. The topological polar surface area (TPSA) is 15.3 Å². The van der Waals surface area contributed by atoms with E-state index in [1.165, 1.54) is 42.6 Å². The highest BCUT2D eigenvalue weighted by atomic mass is 15.2. The lowest BCUT2D eigenvalue weighted by molar-refractivity contribution is 0.471. The van der Waals surface area contributed by atoms with Crippen LogP contribution in [0.4, 0.5) is 11.4 Å². The molecule has 2 nitrogen and oxygen atoms in total. The SMILES string of the molecule is CCc1cccc2c1NC1(CCCC1)CN2C. The minimum atomic E-state index is 0.354. The maximum Gasteiger partial charge on any atom is 0.0615 e. The van der Waals surface area contributed by atoms with Gasteiger partial charge in [0.15, 0.2) is 0 Å². The second-order valence-corrected chi connectivity index (χ2v) is 5.63. The van der Waals surface area contributed by atoms with Gasteiger partial charge in [0.25, 0.3) is 0 Å². The molecule has 1 fully saturated rings. The molecule has 0 saturated heterocycles. The second kappa shape index (κ2) is 3.94. The lowest BCUT2D eigenvalue weighted by atomic mass is 9.91.